The van der Waals surface area contributed by atoms with Crippen LogP contribution in [0.25, 0.3) is 0 Å². The van der Waals surface area contributed by atoms with Crippen LogP contribution in [0.3, 0.4) is 0 Å². The summed E-state index contributed by atoms with van der Waals surface area (Å²) in [4.78, 5) is 38.0. The summed E-state index contributed by atoms with van der Waals surface area (Å²) in [6.07, 6.45) is 0. The first-order valence-electron chi connectivity index (χ1n) is 10.9. The van der Waals surface area contributed by atoms with E-state index in [4.69, 9.17) is 19.3 Å². The van der Waals surface area contributed by atoms with Gasteiger partial charge in [-0.05, 0) is 91.0 Å². The summed E-state index contributed by atoms with van der Waals surface area (Å²) in [6, 6.07) is 24.3. The SMILES string of the molecule is COc1ccc(N2C(=O)c3ccc(Oc4ccc(Oc5ccc(C(=O)O)cc5)cc4)cc3C2=O)cc1. The molecule has 1 aliphatic rings. The van der Waals surface area contributed by atoms with E-state index in [0.29, 0.717) is 40.0 Å². The number of carboxylic acid groups (broad SMARTS) is 1. The van der Waals surface area contributed by atoms with Crippen LogP contribution < -0.4 is 19.1 Å². The molecule has 1 N–H and O–H groups in total. The van der Waals surface area contributed by atoms with E-state index < -0.39 is 17.8 Å². The number of carbonyl (C=O) groups excluding carboxylic acids is 2. The number of amides is 2. The van der Waals surface area contributed by atoms with Gasteiger partial charge >= 0.3 is 5.97 Å². The van der Waals surface area contributed by atoms with Crippen molar-refractivity contribution in [1.82, 2.24) is 0 Å². The van der Waals surface area contributed by atoms with Gasteiger partial charge in [0.25, 0.3) is 11.8 Å². The Morgan fingerprint density at radius 2 is 1.11 bits per heavy atom. The van der Waals surface area contributed by atoms with E-state index in [0.717, 1.165) is 4.90 Å². The monoisotopic (exact) mass is 481 g/mol. The van der Waals surface area contributed by atoms with Crippen molar-refractivity contribution in [3.05, 3.63) is 108 Å². The van der Waals surface area contributed by atoms with Crippen molar-refractivity contribution in [3.8, 4) is 28.7 Å². The maximum atomic E-state index is 13.0. The largest absolute Gasteiger partial charge is 0.497 e. The van der Waals surface area contributed by atoms with Crippen LogP contribution in [0.15, 0.2) is 91.0 Å². The second-order valence-corrected chi connectivity index (χ2v) is 7.86. The fourth-order valence-electron chi connectivity index (χ4n) is 3.76. The van der Waals surface area contributed by atoms with Crippen molar-refractivity contribution in [2.24, 2.45) is 0 Å². The number of carboxylic acids is 1. The number of rotatable bonds is 7. The van der Waals surface area contributed by atoms with E-state index >= 15 is 0 Å². The first kappa shape index (κ1) is 22.7. The zero-order chi connectivity index (χ0) is 25.2. The summed E-state index contributed by atoms with van der Waals surface area (Å²) in [7, 11) is 1.54. The zero-order valence-electron chi connectivity index (χ0n) is 19.0. The van der Waals surface area contributed by atoms with Crippen molar-refractivity contribution >= 4 is 23.5 Å². The van der Waals surface area contributed by atoms with E-state index in [1.54, 1.807) is 86.0 Å². The molecule has 0 aromatic heterocycles. The molecule has 0 spiro atoms. The van der Waals surface area contributed by atoms with Crippen molar-refractivity contribution in [3.63, 3.8) is 0 Å². The minimum atomic E-state index is -1.01. The fraction of sp³-hybridized carbons (Fsp3) is 0.0357. The predicted molar refractivity (Wildman–Crippen MR) is 131 cm³/mol. The average Bonchev–Trinajstić information content (AvgIpc) is 3.14. The molecular weight excluding hydrogens is 462 g/mol. The smallest absolute Gasteiger partial charge is 0.335 e. The highest BCUT2D eigenvalue weighted by Crippen LogP contribution is 2.33. The molecule has 8 nitrogen and oxygen atoms in total. The molecule has 0 bridgehead atoms. The molecular formula is C28H19NO7. The highest BCUT2D eigenvalue weighted by atomic mass is 16.5. The molecule has 36 heavy (non-hydrogen) atoms. The summed E-state index contributed by atoms with van der Waals surface area (Å²) in [6.45, 7) is 0. The second kappa shape index (κ2) is 9.27. The van der Waals surface area contributed by atoms with Crippen LogP contribution in [0.4, 0.5) is 5.69 Å². The highest BCUT2D eigenvalue weighted by molar-refractivity contribution is 6.34. The Bertz CT molecular complexity index is 1460. The molecule has 178 valence electrons. The third kappa shape index (κ3) is 4.35. The Kier molecular flexibility index (Phi) is 5.83. The van der Waals surface area contributed by atoms with Crippen molar-refractivity contribution in [2.45, 2.75) is 0 Å². The maximum absolute atomic E-state index is 13.0. The van der Waals surface area contributed by atoms with Crippen LogP contribution in [-0.4, -0.2) is 30.0 Å². The van der Waals surface area contributed by atoms with Gasteiger partial charge in [-0.3, -0.25) is 9.59 Å². The first-order chi connectivity index (χ1) is 17.4. The quantitative estimate of drug-likeness (QED) is 0.334. The number of ether oxygens (including phenoxy) is 3. The third-order valence-corrected chi connectivity index (χ3v) is 5.59. The number of benzene rings is 4. The fourth-order valence-corrected chi connectivity index (χ4v) is 3.76. The summed E-state index contributed by atoms with van der Waals surface area (Å²) in [5, 5.41) is 8.98. The molecule has 0 unspecified atom stereocenters. The van der Waals surface area contributed by atoms with Gasteiger partial charge in [-0.15, -0.1) is 0 Å². The minimum absolute atomic E-state index is 0.174. The summed E-state index contributed by atoms with van der Waals surface area (Å²) >= 11 is 0. The van der Waals surface area contributed by atoms with Crippen LogP contribution in [0, 0.1) is 0 Å². The summed E-state index contributed by atoms with van der Waals surface area (Å²) in [5.74, 6) is 0.740. The molecule has 5 rings (SSSR count). The summed E-state index contributed by atoms with van der Waals surface area (Å²) in [5.41, 5.74) is 1.20. The van der Waals surface area contributed by atoms with Crippen molar-refractivity contribution in [2.75, 3.05) is 12.0 Å². The number of nitrogens with zero attached hydrogens (tertiary/aromatic N) is 1. The molecule has 2 amide bonds. The molecule has 1 aliphatic heterocycles. The molecule has 8 heteroatoms. The van der Waals surface area contributed by atoms with Crippen LogP contribution in [0.1, 0.15) is 31.1 Å². The lowest BCUT2D eigenvalue weighted by Gasteiger charge is -2.14. The molecule has 1 heterocycles. The van der Waals surface area contributed by atoms with Crippen LogP contribution in [0.5, 0.6) is 28.7 Å². The molecule has 0 aliphatic carbocycles. The molecule has 0 atom stereocenters. The van der Waals surface area contributed by atoms with Crippen LogP contribution in [0.2, 0.25) is 0 Å². The van der Waals surface area contributed by atoms with Gasteiger partial charge in [0.05, 0.1) is 29.5 Å². The average molecular weight is 481 g/mol. The Balaban J connectivity index is 1.29. The Morgan fingerprint density at radius 3 is 1.67 bits per heavy atom. The molecule has 0 saturated carbocycles. The van der Waals surface area contributed by atoms with E-state index in [1.807, 2.05) is 0 Å². The molecule has 0 radical (unpaired) electrons. The van der Waals surface area contributed by atoms with Gasteiger partial charge in [-0.2, -0.15) is 0 Å². The number of hydrogen-bond donors (Lipinski definition) is 1. The van der Waals surface area contributed by atoms with E-state index in [2.05, 4.69) is 0 Å². The number of carbonyl (C=O) groups is 3. The van der Waals surface area contributed by atoms with Crippen molar-refractivity contribution in [1.29, 1.82) is 0 Å². The number of fused-ring (bicyclic) bond motifs is 1. The first-order valence-corrected chi connectivity index (χ1v) is 10.9. The van der Waals surface area contributed by atoms with Gasteiger partial charge in [0.15, 0.2) is 0 Å². The number of imide groups is 1. The van der Waals surface area contributed by atoms with E-state index in [9.17, 15) is 14.4 Å². The lowest BCUT2D eigenvalue weighted by molar-refractivity contribution is 0.0696. The van der Waals surface area contributed by atoms with Gasteiger partial charge in [0, 0.05) is 0 Å². The number of anilines is 1. The van der Waals surface area contributed by atoms with Crippen molar-refractivity contribution < 1.29 is 33.7 Å². The standard InChI is InChI=1S/C28H19NO7/c1-34-19-8-4-18(5-9-19)29-26(30)24-15-14-23(16-25(24)27(29)31)36-22-12-10-21(11-13-22)35-20-6-2-17(3-7-20)28(32)33/h2-16H,1H3,(H,32,33). The number of hydrogen-bond acceptors (Lipinski definition) is 6. The lowest BCUT2D eigenvalue weighted by atomic mass is 10.1. The Morgan fingerprint density at radius 1 is 0.639 bits per heavy atom. The van der Waals surface area contributed by atoms with Gasteiger partial charge in [0.1, 0.15) is 28.7 Å². The van der Waals surface area contributed by atoms with E-state index in [-0.39, 0.29) is 11.1 Å². The Labute approximate surface area is 205 Å². The summed E-state index contributed by atoms with van der Waals surface area (Å²) < 4.78 is 16.8. The maximum Gasteiger partial charge on any atom is 0.335 e. The van der Waals surface area contributed by atoms with Crippen LogP contribution in [-0.2, 0) is 0 Å². The predicted octanol–water partition coefficient (Wildman–Crippen LogP) is 5.78. The molecule has 0 saturated heterocycles. The molecule has 4 aromatic carbocycles. The normalized spacial score (nSPS) is 12.3. The zero-order valence-corrected chi connectivity index (χ0v) is 19.0. The molecule has 4 aromatic rings. The van der Waals surface area contributed by atoms with Gasteiger partial charge in [-0.1, -0.05) is 0 Å². The molecule has 0 fully saturated rings. The highest BCUT2D eigenvalue weighted by Gasteiger charge is 2.37. The van der Waals surface area contributed by atoms with Gasteiger partial charge in [-0.25, -0.2) is 9.69 Å². The minimum Gasteiger partial charge on any atom is -0.497 e. The van der Waals surface area contributed by atoms with Gasteiger partial charge in [0.2, 0.25) is 0 Å². The lowest BCUT2D eigenvalue weighted by Crippen LogP contribution is -2.29. The van der Waals surface area contributed by atoms with E-state index in [1.165, 1.54) is 12.1 Å². The topological polar surface area (TPSA) is 102 Å². The Hall–Kier alpha value is -5.11. The van der Waals surface area contributed by atoms with Gasteiger partial charge < -0.3 is 19.3 Å². The van der Waals surface area contributed by atoms with Crippen LogP contribution >= 0.6 is 0 Å². The number of methoxy groups -OCH3 is 1. The third-order valence-electron chi connectivity index (χ3n) is 5.59. The number of aromatic carboxylic acids is 1. The second-order valence-electron chi connectivity index (χ2n) is 7.86.